The van der Waals surface area contributed by atoms with E-state index in [2.05, 4.69) is 31.6 Å². The van der Waals surface area contributed by atoms with E-state index in [-0.39, 0.29) is 17.6 Å². The van der Waals surface area contributed by atoms with Crippen molar-refractivity contribution in [2.45, 2.75) is 25.7 Å². The number of benzene rings is 1. The van der Waals surface area contributed by atoms with Gasteiger partial charge >= 0.3 is 6.01 Å². The van der Waals surface area contributed by atoms with Crippen molar-refractivity contribution in [2.75, 3.05) is 43.2 Å². The van der Waals surface area contributed by atoms with Crippen LogP contribution in [-0.4, -0.2) is 55.3 Å². The van der Waals surface area contributed by atoms with Gasteiger partial charge in [0, 0.05) is 39.0 Å². The minimum Gasteiger partial charge on any atom is -0.381 e. The Morgan fingerprint density at radius 1 is 1.12 bits per heavy atom. The predicted molar refractivity (Wildman–Crippen MR) is 129 cm³/mol. The molecule has 33 heavy (non-hydrogen) atoms. The second-order valence-corrected chi connectivity index (χ2v) is 8.59. The number of hydrogen-bond donors (Lipinski definition) is 2. The molecular weight excluding hydrogens is 420 g/mol. The summed E-state index contributed by atoms with van der Waals surface area (Å²) < 4.78 is 11.2. The summed E-state index contributed by atoms with van der Waals surface area (Å²) in [6.45, 7) is 7.36. The third-order valence-electron chi connectivity index (χ3n) is 5.94. The average molecular weight is 453 g/mol. The number of aromatic nitrogens is 2. The van der Waals surface area contributed by atoms with Crippen LogP contribution in [0, 0.1) is 11.8 Å². The molecule has 176 valence electrons. The molecule has 0 unspecified atom stereocenters. The first kappa shape index (κ1) is 22.8. The Morgan fingerprint density at radius 2 is 1.79 bits per heavy atom. The average Bonchev–Trinajstić information content (AvgIpc) is 3.51. The molecule has 2 aliphatic rings. The first-order chi connectivity index (χ1) is 16.0. The summed E-state index contributed by atoms with van der Waals surface area (Å²) in [4.78, 5) is 16.6. The maximum absolute atomic E-state index is 6.03. The van der Waals surface area contributed by atoms with Crippen LogP contribution in [0.5, 0.6) is 0 Å². The molecule has 1 aromatic heterocycles. The SMILES string of the molecule is C=C(/N=C(N)\N=C(/N)c1noc(N2CCC(COCC3CC3)CC2)n1)N(C)c1ccccc1. The molecule has 1 saturated heterocycles. The normalized spacial score (nSPS) is 17.9. The molecule has 0 spiro atoms. The highest BCUT2D eigenvalue weighted by molar-refractivity contribution is 6.02. The van der Waals surface area contributed by atoms with Crippen LogP contribution in [0.3, 0.4) is 0 Å². The number of para-hydroxylation sites is 1. The smallest absolute Gasteiger partial charge is 0.324 e. The van der Waals surface area contributed by atoms with Crippen LogP contribution in [-0.2, 0) is 4.74 Å². The Balaban J connectivity index is 1.30. The largest absolute Gasteiger partial charge is 0.381 e. The zero-order valence-corrected chi connectivity index (χ0v) is 19.1. The Labute approximate surface area is 194 Å². The molecule has 4 rings (SSSR count). The summed E-state index contributed by atoms with van der Waals surface area (Å²) in [7, 11) is 1.84. The summed E-state index contributed by atoms with van der Waals surface area (Å²) in [6.07, 6.45) is 4.70. The number of piperidine rings is 1. The lowest BCUT2D eigenvalue weighted by Crippen LogP contribution is -2.35. The molecule has 1 aromatic carbocycles. The molecular formula is C23H32N8O2. The maximum Gasteiger partial charge on any atom is 0.324 e. The summed E-state index contributed by atoms with van der Waals surface area (Å²) in [5.41, 5.74) is 12.9. The van der Waals surface area contributed by atoms with E-state index in [1.54, 1.807) is 4.90 Å². The minimum atomic E-state index is -0.0429. The van der Waals surface area contributed by atoms with Crippen molar-refractivity contribution in [1.82, 2.24) is 10.1 Å². The van der Waals surface area contributed by atoms with E-state index in [0.717, 1.165) is 50.8 Å². The zero-order valence-electron chi connectivity index (χ0n) is 19.1. The van der Waals surface area contributed by atoms with E-state index in [0.29, 0.717) is 17.8 Å². The van der Waals surface area contributed by atoms with Crippen molar-refractivity contribution in [3.05, 3.63) is 48.6 Å². The van der Waals surface area contributed by atoms with E-state index < -0.39 is 0 Å². The lowest BCUT2D eigenvalue weighted by molar-refractivity contribution is 0.0824. The van der Waals surface area contributed by atoms with Gasteiger partial charge in [0.25, 0.3) is 0 Å². The number of amidine groups is 1. The second kappa shape index (κ2) is 10.5. The summed E-state index contributed by atoms with van der Waals surface area (Å²) in [5, 5.41) is 3.95. The number of ether oxygens (including phenoxy) is 1. The molecule has 2 heterocycles. The van der Waals surface area contributed by atoms with E-state index in [1.807, 2.05) is 37.4 Å². The van der Waals surface area contributed by atoms with Crippen LogP contribution < -0.4 is 21.3 Å². The quantitative estimate of drug-likeness (QED) is 0.438. The van der Waals surface area contributed by atoms with Crippen molar-refractivity contribution in [1.29, 1.82) is 0 Å². The van der Waals surface area contributed by atoms with Crippen molar-refractivity contribution >= 4 is 23.5 Å². The van der Waals surface area contributed by atoms with Gasteiger partial charge in [-0.25, -0.2) is 0 Å². The molecule has 0 amide bonds. The van der Waals surface area contributed by atoms with Gasteiger partial charge in [-0.3, -0.25) is 0 Å². The Bertz CT molecular complexity index is 991. The molecule has 1 aliphatic heterocycles. The van der Waals surface area contributed by atoms with Gasteiger partial charge in [0.15, 0.2) is 5.84 Å². The number of nitrogens with zero attached hydrogens (tertiary/aromatic N) is 6. The van der Waals surface area contributed by atoms with E-state index >= 15 is 0 Å². The fourth-order valence-corrected chi connectivity index (χ4v) is 3.63. The van der Waals surface area contributed by atoms with Gasteiger partial charge in [0.1, 0.15) is 5.82 Å². The van der Waals surface area contributed by atoms with Crippen molar-refractivity contribution in [3.63, 3.8) is 0 Å². The molecule has 1 saturated carbocycles. The number of hydrogen-bond acceptors (Lipinski definition) is 7. The van der Waals surface area contributed by atoms with Gasteiger partial charge in [-0.2, -0.15) is 15.0 Å². The summed E-state index contributed by atoms with van der Waals surface area (Å²) in [6, 6.07) is 10.1. The van der Waals surface area contributed by atoms with Crippen molar-refractivity contribution in [2.24, 2.45) is 33.3 Å². The van der Waals surface area contributed by atoms with Gasteiger partial charge in [0.05, 0.1) is 0 Å². The van der Waals surface area contributed by atoms with E-state index in [9.17, 15) is 0 Å². The molecule has 0 radical (unpaired) electrons. The van der Waals surface area contributed by atoms with Crippen LogP contribution in [0.1, 0.15) is 31.5 Å². The highest BCUT2D eigenvalue weighted by atomic mass is 16.5. The zero-order chi connectivity index (χ0) is 23.2. The van der Waals surface area contributed by atoms with Crippen LogP contribution in [0.25, 0.3) is 0 Å². The summed E-state index contributed by atoms with van der Waals surface area (Å²) in [5.74, 6) is 1.97. The first-order valence-electron chi connectivity index (χ1n) is 11.3. The molecule has 4 N–H and O–H groups in total. The Morgan fingerprint density at radius 3 is 2.45 bits per heavy atom. The molecule has 0 atom stereocenters. The highest BCUT2D eigenvalue weighted by Gasteiger charge is 2.25. The third kappa shape index (κ3) is 6.32. The molecule has 2 fully saturated rings. The molecule has 0 bridgehead atoms. The topological polar surface area (TPSA) is 131 Å². The van der Waals surface area contributed by atoms with Crippen molar-refractivity contribution in [3.8, 4) is 0 Å². The van der Waals surface area contributed by atoms with Crippen LogP contribution >= 0.6 is 0 Å². The van der Waals surface area contributed by atoms with Gasteiger partial charge < -0.3 is 30.5 Å². The number of nitrogens with two attached hydrogens (primary N) is 2. The standard InChI is InChI=1S/C23H32N8O2/c1-16(30(2)19-6-4-3-5-7-19)26-22(25)27-20(24)21-28-23(33-29-21)31-12-10-18(11-13-31)15-32-14-17-8-9-17/h3-7,17-18H,1,8-15H2,2H3,(H4,24,25,26,27). The fraction of sp³-hybridized carbons (Fsp3) is 0.478. The second-order valence-electron chi connectivity index (χ2n) is 8.59. The number of guanidine groups is 1. The van der Waals surface area contributed by atoms with Crippen LogP contribution in [0.15, 0.2) is 57.2 Å². The molecule has 1 aliphatic carbocycles. The lowest BCUT2D eigenvalue weighted by Gasteiger charge is -2.30. The number of aliphatic imine (C=N–C) groups is 2. The van der Waals surface area contributed by atoms with E-state index in [4.69, 9.17) is 20.7 Å². The van der Waals surface area contributed by atoms with Gasteiger partial charge in [-0.15, -0.1) is 0 Å². The Hall–Kier alpha value is -3.40. The van der Waals surface area contributed by atoms with E-state index in [1.165, 1.54) is 12.8 Å². The minimum absolute atomic E-state index is 0.0322. The van der Waals surface area contributed by atoms with Crippen molar-refractivity contribution < 1.29 is 9.26 Å². The lowest BCUT2D eigenvalue weighted by atomic mass is 9.98. The van der Waals surface area contributed by atoms with Gasteiger partial charge in [-0.1, -0.05) is 29.9 Å². The maximum atomic E-state index is 6.03. The van der Waals surface area contributed by atoms with Crippen LogP contribution in [0.4, 0.5) is 11.7 Å². The monoisotopic (exact) mass is 452 g/mol. The number of rotatable bonds is 9. The molecule has 10 heteroatoms. The predicted octanol–water partition coefficient (Wildman–Crippen LogP) is 2.34. The first-order valence-corrected chi connectivity index (χ1v) is 11.3. The molecule has 2 aromatic rings. The van der Waals surface area contributed by atoms with Crippen LogP contribution in [0.2, 0.25) is 0 Å². The highest BCUT2D eigenvalue weighted by Crippen LogP contribution is 2.29. The van der Waals surface area contributed by atoms with Gasteiger partial charge in [0.2, 0.25) is 11.8 Å². The third-order valence-corrected chi connectivity index (χ3v) is 5.94. The number of anilines is 2. The Kier molecular flexibility index (Phi) is 7.23. The fourth-order valence-electron chi connectivity index (χ4n) is 3.63. The molecule has 10 nitrogen and oxygen atoms in total. The summed E-state index contributed by atoms with van der Waals surface area (Å²) >= 11 is 0. The van der Waals surface area contributed by atoms with Gasteiger partial charge in [-0.05, 0) is 49.7 Å².